The lowest BCUT2D eigenvalue weighted by molar-refractivity contribution is -0.141. The highest BCUT2D eigenvalue weighted by molar-refractivity contribution is 6.29. The fraction of sp³-hybridized carbons (Fsp3) is 0.714. The van der Waals surface area contributed by atoms with Crippen molar-refractivity contribution in [2.75, 3.05) is 26.8 Å². The molecule has 118 valence electrons. The molecule has 0 saturated carbocycles. The highest BCUT2D eigenvalue weighted by Gasteiger charge is 2.21. The third-order valence-electron chi connectivity index (χ3n) is 3.74. The summed E-state index contributed by atoms with van der Waals surface area (Å²) in [5.41, 5.74) is 0. The molecule has 1 atom stereocenters. The van der Waals surface area contributed by atoms with Gasteiger partial charge >= 0.3 is 5.97 Å². The lowest BCUT2D eigenvalue weighted by atomic mass is 10.2. The number of aromatic nitrogens is 2. The minimum Gasteiger partial charge on any atom is -0.469 e. The molecule has 1 aliphatic heterocycles. The summed E-state index contributed by atoms with van der Waals surface area (Å²) in [6, 6.07) is 0. The van der Waals surface area contributed by atoms with Gasteiger partial charge in [-0.05, 0) is 12.8 Å². The molecule has 0 amide bonds. The standard InChI is InChI=1S/C14H22ClN3O3/c1-17-12(15)8-16-13(17)10-18(6-5-14(19)20-2)9-11-4-3-7-21-11/h8,11H,3-7,9-10H2,1-2H3. The summed E-state index contributed by atoms with van der Waals surface area (Å²) in [4.78, 5) is 17.8. The maximum absolute atomic E-state index is 11.4. The molecule has 1 aromatic heterocycles. The van der Waals surface area contributed by atoms with Crippen LogP contribution in [0.25, 0.3) is 0 Å². The average molecular weight is 316 g/mol. The predicted molar refractivity (Wildman–Crippen MR) is 79.1 cm³/mol. The van der Waals surface area contributed by atoms with Gasteiger partial charge in [-0.25, -0.2) is 4.98 Å². The Bertz CT molecular complexity index is 472. The quantitative estimate of drug-likeness (QED) is 0.716. The Balaban J connectivity index is 1.96. The van der Waals surface area contributed by atoms with Gasteiger partial charge in [0.25, 0.3) is 0 Å². The Hall–Kier alpha value is -1.11. The molecule has 0 bridgehead atoms. The van der Waals surface area contributed by atoms with E-state index < -0.39 is 0 Å². The van der Waals surface area contributed by atoms with Gasteiger partial charge in [-0.2, -0.15) is 0 Å². The van der Waals surface area contributed by atoms with Gasteiger partial charge < -0.3 is 14.0 Å². The Labute approximate surface area is 130 Å². The van der Waals surface area contributed by atoms with Crippen molar-refractivity contribution in [2.45, 2.75) is 31.9 Å². The molecular weight excluding hydrogens is 294 g/mol. The van der Waals surface area contributed by atoms with Crippen LogP contribution in [0.4, 0.5) is 0 Å². The van der Waals surface area contributed by atoms with Crippen LogP contribution in [0.15, 0.2) is 6.20 Å². The Morgan fingerprint density at radius 1 is 1.67 bits per heavy atom. The fourth-order valence-corrected chi connectivity index (χ4v) is 2.58. The van der Waals surface area contributed by atoms with Crippen LogP contribution >= 0.6 is 11.6 Å². The number of hydrogen-bond donors (Lipinski definition) is 0. The van der Waals surface area contributed by atoms with E-state index >= 15 is 0 Å². The Morgan fingerprint density at radius 3 is 3.05 bits per heavy atom. The molecule has 21 heavy (non-hydrogen) atoms. The first kappa shape index (κ1) is 16.3. The van der Waals surface area contributed by atoms with Crippen LogP contribution in [0, 0.1) is 0 Å². The van der Waals surface area contributed by atoms with Crippen molar-refractivity contribution in [3.05, 3.63) is 17.2 Å². The summed E-state index contributed by atoms with van der Waals surface area (Å²) in [6.45, 7) is 2.88. The Morgan fingerprint density at radius 2 is 2.48 bits per heavy atom. The molecule has 7 heteroatoms. The predicted octanol–water partition coefficient (Wildman–Crippen LogP) is 1.62. The molecule has 0 radical (unpaired) electrons. The second-order valence-electron chi connectivity index (χ2n) is 5.25. The van der Waals surface area contributed by atoms with Crippen LogP contribution in [0.1, 0.15) is 25.1 Å². The smallest absolute Gasteiger partial charge is 0.306 e. The summed E-state index contributed by atoms with van der Waals surface area (Å²) >= 11 is 6.02. The lowest BCUT2D eigenvalue weighted by Gasteiger charge is -2.24. The number of rotatable bonds is 7. The number of carbonyl (C=O) groups excluding carboxylic acids is 1. The SMILES string of the molecule is COC(=O)CCN(Cc1ncc(Cl)n1C)CC1CCCO1. The molecule has 1 unspecified atom stereocenters. The van der Waals surface area contributed by atoms with Gasteiger partial charge in [0.15, 0.2) is 0 Å². The molecule has 6 nitrogen and oxygen atoms in total. The first-order valence-corrected chi connectivity index (χ1v) is 7.55. The number of methoxy groups -OCH3 is 1. The van der Waals surface area contributed by atoms with Crippen molar-refractivity contribution < 1.29 is 14.3 Å². The van der Waals surface area contributed by atoms with Gasteiger partial charge in [-0.3, -0.25) is 9.69 Å². The van der Waals surface area contributed by atoms with Crippen LogP contribution in [-0.4, -0.2) is 53.3 Å². The summed E-state index contributed by atoms with van der Waals surface area (Å²) < 4.78 is 12.2. The van der Waals surface area contributed by atoms with E-state index in [4.69, 9.17) is 21.1 Å². The van der Waals surface area contributed by atoms with E-state index in [-0.39, 0.29) is 12.1 Å². The van der Waals surface area contributed by atoms with E-state index in [0.29, 0.717) is 24.7 Å². The summed E-state index contributed by atoms with van der Waals surface area (Å²) in [5.74, 6) is 0.674. The van der Waals surface area contributed by atoms with E-state index in [9.17, 15) is 4.79 Å². The monoisotopic (exact) mass is 315 g/mol. The maximum Gasteiger partial charge on any atom is 0.306 e. The van der Waals surface area contributed by atoms with Crippen LogP contribution < -0.4 is 0 Å². The van der Waals surface area contributed by atoms with Gasteiger partial charge in [0.2, 0.25) is 0 Å². The molecule has 0 spiro atoms. The van der Waals surface area contributed by atoms with Crippen LogP contribution in [0.3, 0.4) is 0 Å². The number of nitrogens with zero attached hydrogens (tertiary/aromatic N) is 3. The third kappa shape index (κ3) is 4.69. The number of hydrogen-bond acceptors (Lipinski definition) is 5. The molecule has 2 heterocycles. The molecular formula is C14H22ClN3O3. The molecule has 1 aliphatic rings. The van der Waals surface area contributed by atoms with Gasteiger partial charge in [0, 0.05) is 26.7 Å². The number of carbonyl (C=O) groups is 1. The minimum atomic E-state index is -0.204. The second-order valence-corrected chi connectivity index (χ2v) is 5.64. The largest absolute Gasteiger partial charge is 0.469 e. The van der Waals surface area contributed by atoms with E-state index in [2.05, 4.69) is 9.88 Å². The van der Waals surface area contributed by atoms with Crippen molar-refractivity contribution in [2.24, 2.45) is 7.05 Å². The van der Waals surface area contributed by atoms with E-state index in [1.165, 1.54) is 7.11 Å². The van der Waals surface area contributed by atoms with Crippen molar-refractivity contribution in [3.8, 4) is 0 Å². The molecule has 1 fully saturated rings. The van der Waals surface area contributed by atoms with Crippen molar-refractivity contribution in [1.29, 1.82) is 0 Å². The van der Waals surface area contributed by atoms with Crippen LogP contribution in [0.2, 0.25) is 5.15 Å². The van der Waals surface area contributed by atoms with Crippen molar-refractivity contribution in [3.63, 3.8) is 0 Å². The number of imidazole rings is 1. The zero-order valence-corrected chi connectivity index (χ0v) is 13.3. The lowest BCUT2D eigenvalue weighted by Crippen LogP contribution is -2.34. The third-order valence-corrected chi connectivity index (χ3v) is 4.09. The summed E-state index contributed by atoms with van der Waals surface area (Å²) in [5, 5.41) is 0.607. The second kappa shape index (κ2) is 7.77. The fourth-order valence-electron chi connectivity index (χ4n) is 2.43. The highest BCUT2D eigenvalue weighted by Crippen LogP contribution is 2.16. The Kier molecular flexibility index (Phi) is 6.02. The van der Waals surface area contributed by atoms with Gasteiger partial charge in [0.1, 0.15) is 11.0 Å². The van der Waals surface area contributed by atoms with E-state index in [1.807, 2.05) is 11.6 Å². The van der Waals surface area contributed by atoms with E-state index in [0.717, 1.165) is 31.8 Å². The zero-order chi connectivity index (χ0) is 15.2. The van der Waals surface area contributed by atoms with Gasteiger partial charge in [-0.15, -0.1) is 0 Å². The summed E-state index contributed by atoms with van der Waals surface area (Å²) in [6.07, 6.45) is 4.40. The molecule has 0 aliphatic carbocycles. The number of halogens is 1. The van der Waals surface area contributed by atoms with Crippen molar-refractivity contribution >= 4 is 17.6 Å². The molecule has 0 aromatic carbocycles. The molecule has 1 saturated heterocycles. The normalized spacial score (nSPS) is 18.4. The van der Waals surface area contributed by atoms with E-state index in [1.54, 1.807) is 6.20 Å². The first-order chi connectivity index (χ1) is 10.1. The summed E-state index contributed by atoms with van der Waals surface area (Å²) in [7, 11) is 3.29. The van der Waals surface area contributed by atoms with Gasteiger partial charge in [0.05, 0.1) is 32.4 Å². The van der Waals surface area contributed by atoms with Crippen LogP contribution in [0.5, 0.6) is 0 Å². The first-order valence-electron chi connectivity index (χ1n) is 7.17. The van der Waals surface area contributed by atoms with Crippen LogP contribution in [-0.2, 0) is 27.9 Å². The highest BCUT2D eigenvalue weighted by atomic mass is 35.5. The van der Waals surface area contributed by atoms with Gasteiger partial charge in [-0.1, -0.05) is 11.6 Å². The molecule has 0 N–H and O–H groups in total. The minimum absolute atomic E-state index is 0.204. The molecule has 2 rings (SSSR count). The zero-order valence-electron chi connectivity index (χ0n) is 12.5. The number of ether oxygens (including phenoxy) is 2. The molecule has 1 aromatic rings. The van der Waals surface area contributed by atoms with Crippen molar-refractivity contribution in [1.82, 2.24) is 14.5 Å². The average Bonchev–Trinajstić information content (AvgIpc) is 3.09. The maximum atomic E-state index is 11.4. The number of esters is 1. The topological polar surface area (TPSA) is 56.6 Å².